The molecule has 2 saturated heterocycles. The van der Waals surface area contributed by atoms with Gasteiger partial charge in [-0.25, -0.2) is 4.98 Å². The molecule has 0 spiro atoms. The molecule has 1 N–H and O–H groups in total. The second kappa shape index (κ2) is 10.2. The molecule has 0 bridgehead atoms. The first kappa shape index (κ1) is 21.1. The summed E-state index contributed by atoms with van der Waals surface area (Å²) >= 11 is 0. The molecule has 0 radical (unpaired) electrons. The van der Waals surface area contributed by atoms with E-state index in [1.165, 1.54) is 19.4 Å². The predicted molar refractivity (Wildman–Crippen MR) is 118 cm³/mol. The van der Waals surface area contributed by atoms with Crippen molar-refractivity contribution in [2.24, 2.45) is 5.92 Å². The Hall–Kier alpha value is -2.18. The monoisotopic (exact) mass is 411 g/mol. The van der Waals surface area contributed by atoms with Gasteiger partial charge in [0.1, 0.15) is 11.4 Å². The van der Waals surface area contributed by atoms with Gasteiger partial charge < -0.3 is 19.7 Å². The molecule has 3 heterocycles. The minimum Gasteiger partial charge on any atom is -0.494 e. The van der Waals surface area contributed by atoms with E-state index in [1.54, 1.807) is 6.07 Å². The number of benzene rings is 1. The molecular formula is C24H33N3O3. The standard InChI is InChI=1S/C24H33N3O3/c1-27-13-2-3-20(27)11-16-30-21-5-7-22-19(17-21)4-6-23(26-22)24(28)25-12-8-18-9-14-29-15-10-18/h4-7,17-18,20H,2-3,8-16H2,1H3,(H,25,28). The zero-order valence-corrected chi connectivity index (χ0v) is 17.9. The van der Waals surface area contributed by atoms with Crippen molar-refractivity contribution in [1.82, 2.24) is 15.2 Å². The van der Waals surface area contributed by atoms with Crippen LogP contribution in [0.15, 0.2) is 30.3 Å². The number of ether oxygens (including phenoxy) is 2. The highest BCUT2D eigenvalue weighted by molar-refractivity contribution is 5.95. The summed E-state index contributed by atoms with van der Waals surface area (Å²) < 4.78 is 11.4. The van der Waals surface area contributed by atoms with Gasteiger partial charge in [-0.3, -0.25) is 4.79 Å². The molecule has 2 aliphatic heterocycles. The van der Waals surface area contributed by atoms with Crippen molar-refractivity contribution >= 4 is 16.8 Å². The fourth-order valence-corrected chi connectivity index (χ4v) is 4.49. The molecule has 1 amide bonds. The molecule has 0 aliphatic carbocycles. The molecule has 2 aromatic rings. The van der Waals surface area contributed by atoms with Gasteiger partial charge in [0.05, 0.1) is 12.1 Å². The molecule has 30 heavy (non-hydrogen) atoms. The van der Waals surface area contributed by atoms with E-state index in [4.69, 9.17) is 9.47 Å². The quantitative estimate of drug-likeness (QED) is 0.718. The largest absolute Gasteiger partial charge is 0.494 e. The maximum atomic E-state index is 12.5. The van der Waals surface area contributed by atoms with E-state index in [9.17, 15) is 4.79 Å². The maximum Gasteiger partial charge on any atom is 0.269 e. The number of nitrogens with zero attached hydrogens (tertiary/aromatic N) is 2. The summed E-state index contributed by atoms with van der Waals surface area (Å²) in [6.07, 6.45) is 6.78. The first-order chi connectivity index (χ1) is 14.7. The number of rotatable bonds is 8. The van der Waals surface area contributed by atoms with Crippen LogP contribution in [-0.2, 0) is 4.74 Å². The highest BCUT2D eigenvalue weighted by Gasteiger charge is 2.20. The van der Waals surface area contributed by atoms with Crippen LogP contribution in [0, 0.1) is 5.92 Å². The van der Waals surface area contributed by atoms with Gasteiger partial charge in [0.15, 0.2) is 0 Å². The predicted octanol–water partition coefficient (Wildman–Crippen LogP) is 3.64. The van der Waals surface area contributed by atoms with E-state index in [2.05, 4.69) is 22.2 Å². The Labute approximate surface area is 178 Å². The number of nitrogens with one attached hydrogen (secondary N) is 1. The van der Waals surface area contributed by atoms with Gasteiger partial charge in [-0.2, -0.15) is 0 Å². The number of carbonyl (C=O) groups excluding carboxylic acids is 1. The lowest BCUT2D eigenvalue weighted by Gasteiger charge is -2.21. The summed E-state index contributed by atoms with van der Waals surface area (Å²) in [4.78, 5) is 19.4. The summed E-state index contributed by atoms with van der Waals surface area (Å²) in [7, 11) is 2.19. The molecule has 2 aliphatic rings. The van der Waals surface area contributed by atoms with Gasteiger partial charge in [-0.15, -0.1) is 0 Å². The fourth-order valence-electron chi connectivity index (χ4n) is 4.49. The number of fused-ring (bicyclic) bond motifs is 1. The summed E-state index contributed by atoms with van der Waals surface area (Å²) in [5.74, 6) is 1.40. The minimum atomic E-state index is -0.107. The Morgan fingerprint density at radius 3 is 2.87 bits per heavy atom. The summed E-state index contributed by atoms with van der Waals surface area (Å²) in [5.41, 5.74) is 1.28. The zero-order chi connectivity index (χ0) is 20.8. The van der Waals surface area contributed by atoms with Gasteiger partial charge in [0, 0.05) is 31.2 Å². The third-order valence-electron chi connectivity index (χ3n) is 6.46. The number of carbonyl (C=O) groups is 1. The first-order valence-corrected chi connectivity index (χ1v) is 11.3. The lowest BCUT2D eigenvalue weighted by atomic mass is 9.97. The molecule has 6 heteroatoms. The smallest absolute Gasteiger partial charge is 0.269 e. The van der Waals surface area contributed by atoms with Crippen LogP contribution in [0.4, 0.5) is 0 Å². The highest BCUT2D eigenvalue weighted by atomic mass is 16.5. The van der Waals surface area contributed by atoms with Crippen LogP contribution in [0.25, 0.3) is 10.9 Å². The Bertz CT molecular complexity index is 851. The minimum absolute atomic E-state index is 0.107. The van der Waals surface area contributed by atoms with Gasteiger partial charge in [-0.1, -0.05) is 6.07 Å². The van der Waals surface area contributed by atoms with Crippen LogP contribution in [0.5, 0.6) is 5.75 Å². The number of aromatic nitrogens is 1. The molecule has 1 aromatic heterocycles. The highest BCUT2D eigenvalue weighted by Crippen LogP contribution is 2.22. The van der Waals surface area contributed by atoms with Crippen molar-refractivity contribution in [2.45, 2.75) is 44.6 Å². The van der Waals surface area contributed by atoms with Crippen molar-refractivity contribution in [3.8, 4) is 5.75 Å². The van der Waals surface area contributed by atoms with E-state index in [0.29, 0.717) is 24.2 Å². The lowest BCUT2D eigenvalue weighted by molar-refractivity contribution is 0.0636. The second-order valence-corrected chi connectivity index (χ2v) is 8.57. The molecule has 6 nitrogen and oxygen atoms in total. The Balaban J connectivity index is 1.28. The zero-order valence-electron chi connectivity index (χ0n) is 17.9. The van der Waals surface area contributed by atoms with Crippen molar-refractivity contribution in [1.29, 1.82) is 0 Å². The van der Waals surface area contributed by atoms with Crippen molar-refractivity contribution < 1.29 is 14.3 Å². The molecule has 0 saturated carbocycles. The molecule has 162 valence electrons. The Morgan fingerprint density at radius 2 is 2.07 bits per heavy atom. The van der Waals surface area contributed by atoms with Crippen LogP contribution in [0.3, 0.4) is 0 Å². The third kappa shape index (κ3) is 5.49. The van der Waals surface area contributed by atoms with E-state index < -0.39 is 0 Å². The SMILES string of the molecule is CN1CCCC1CCOc1ccc2nc(C(=O)NCCC3CCOCC3)ccc2c1. The first-order valence-electron chi connectivity index (χ1n) is 11.3. The van der Waals surface area contributed by atoms with Crippen LogP contribution in [0.2, 0.25) is 0 Å². The average molecular weight is 412 g/mol. The van der Waals surface area contributed by atoms with Crippen LogP contribution >= 0.6 is 0 Å². The Morgan fingerprint density at radius 1 is 1.20 bits per heavy atom. The average Bonchev–Trinajstić information content (AvgIpc) is 3.18. The van der Waals surface area contributed by atoms with Crippen LogP contribution < -0.4 is 10.1 Å². The van der Waals surface area contributed by atoms with E-state index in [0.717, 1.165) is 62.2 Å². The van der Waals surface area contributed by atoms with Crippen LogP contribution in [0.1, 0.15) is 49.0 Å². The summed E-state index contributed by atoms with van der Waals surface area (Å²) in [5, 5.41) is 4.00. The fraction of sp³-hybridized carbons (Fsp3) is 0.583. The van der Waals surface area contributed by atoms with Gasteiger partial charge in [0.2, 0.25) is 0 Å². The maximum absolute atomic E-state index is 12.5. The molecule has 1 unspecified atom stereocenters. The normalized spacial score (nSPS) is 20.5. The summed E-state index contributed by atoms with van der Waals surface area (Å²) in [6.45, 7) is 4.29. The molecule has 1 aromatic carbocycles. The van der Waals surface area contributed by atoms with Gasteiger partial charge >= 0.3 is 0 Å². The number of likely N-dealkylation sites (tertiary alicyclic amines) is 1. The molecule has 4 rings (SSSR count). The number of pyridine rings is 1. The molecule has 2 fully saturated rings. The number of hydrogen-bond donors (Lipinski definition) is 1. The van der Waals surface area contributed by atoms with E-state index in [-0.39, 0.29) is 5.91 Å². The molecular weight excluding hydrogens is 378 g/mol. The number of amides is 1. The van der Waals surface area contributed by atoms with Crippen molar-refractivity contribution in [3.05, 3.63) is 36.0 Å². The van der Waals surface area contributed by atoms with E-state index in [1.807, 2.05) is 24.3 Å². The second-order valence-electron chi connectivity index (χ2n) is 8.57. The van der Waals surface area contributed by atoms with E-state index >= 15 is 0 Å². The van der Waals surface area contributed by atoms with Crippen molar-refractivity contribution in [3.63, 3.8) is 0 Å². The Kier molecular flexibility index (Phi) is 7.18. The van der Waals surface area contributed by atoms with Crippen LogP contribution in [-0.4, -0.2) is 61.8 Å². The topological polar surface area (TPSA) is 63.7 Å². The van der Waals surface area contributed by atoms with Crippen molar-refractivity contribution in [2.75, 3.05) is 40.0 Å². The third-order valence-corrected chi connectivity index (χ3v) is 6.46. The van der Waals surface area contributed by atoms with Gasteiger partial charge in [-0.05, 0) is 82.3 Å². The lowest BCUT2D eigenvalue weighted by Crippen LogP contribution is -2.28. The summed E-state index contributed by atoms with van der Waals surface area (Å²) in [6, 6.07) is 10.3. The number of hydrogen-bond acceptors (Lipinski definition) is 5. The molecule has 1 atom stereocenters. The van der Waals surface area contributed by atoms with Gasteiger partial charge in [0.25, 0.3) is 5.91 Å².